The number of nitro groups is 1. The van der Waals surface area contributed by atoms with E-state index in [4.69, 9.17) is 11.6 Å². The second-order valence-electron chi connectivity index (χ2n) is 6.12. The number of carbonyl (C=O) groups excluding carboxylic acids is 3. The van der Waals surface area contributed by atoms with Crippen molar-refractivity contribution in [3.8, 4) is 0 Å². The van der Waals surface area contributed by atoms with Crippen LogP contribution in [-0.2, 0) is 6.54 Å². The Bertz CT molecular complexity index is 1190. The molecule has 3 amide bonds. The van der Waals surface area contributed by atoms with Crippen LogP contribution in [0.1, 0.15) is 36.1 Å². The first-order chi connectivity index (χ1) is 14.3. The van der Waals surface area contributed by atoms with Crippen molar-refractivity contribution in [3.63, 3.8) is 0 Å². The molecule has 2 aromatic carbocycles. The molecule has 0 saturated heterocycles. The molecule has 0 atom stereocenters. The quantitative estimate of drug-likeness (QED) is 0.363. The Balaban J connectivity index is 1.49. The molecule has 4 rings (SSSR count). The number of amides is 3. The van der Waals surface area contributed by atoms with Gasteiger partial charge < -0.3 is 0 Å². The fourth-order valence-electron chi connectivity index (χ4n) is 2.85. The van der Waals surface area contributed by atoms with E-state index in [1.807, 2.05) is 0 Å². The molecule has 3 aromatic rings. The van der Waals surface area contributed by atoms with E-state index in [1.165, 1.54) is 12.1 Å². The first-order valence-corrected chi connectivity index (χ1v) is 9.57. The molecule has 0 aliphatic carbocycles. The Hall–Kier alpha value is -3.70. The number of benzene rings is 2. The van der Waals surface area contributed by atoms with Crippen LogP contribution >= 0.6 is 22.9 Å². The summed E-state index contributed by atoms with van der Waals surface area (Å²) in [6.07, 6.45) is 0. The highest BCUT2D eigenvalue weighted by Gasteiger charge is 2.35. The molecule has 0 spiro atoms. The number of hydrogen-bond acceptors (Lipinski definition) is 8. The first-order valence-electron chi connectivity index (χ1n) is 8.38. The molecule has 10 nitrogen and oxygen atoms in total. The fourth-order valence-corrected chi connectivity index (χ4v) is 3.78. The average molecular weight is 444 g/mol. The van der Waals surface area contributed by atoms with E-state index < -0.39 is 22.6 Å². The van der Waals surface area contributed by atoms with Crippen molar-refractivity contribution in [1.82, 2.24) is 15.1 Å². The molecule has 0 bridgehead atoms. The summed E-state index contributed by atoms with van der Waals surface area (Å²) in [6.45, 7) is -0.0998. The normalized spacial score (nSPS) is 12.8. The molecule has 0 fully saturated rings. The molecule has 30 heavy (non-hydrogen) atoms. The van der Waals surface area contributed by atoms with Crippen LogP contribution in [0.15, 0.2) is 42.5 Å². The number of carbonyl (C=O) groups is 3. The molecule has 150 valence electrons. The largest absolute Gasteiger partial charge is 0.296 e. The van der Waals surface area contributed by atoms with Crippen molar-refractivity contribution in [1.29, 1.82) is 0 Å². The highest BCUT2D eigenvalue weighted by molar-refractivity contribution is 7.15. The van der Waals surface area contributed by atoms with Gasteiger partial charge >= 0.3 is 0 Å². The van der Waals surface area contributed by atoms with E-state index in [0.717, 1.165) is 22.3 Å². The van der Waals surface area contributed by atoms with Crippen LogP contribution in [0.4, 0.5) is 10.8 Å². The Morgan fingerprint density at radius 3 is 2.43 bits per heavy atom. The van der Waals surface area contributed by atoms with Crippen molar-refractivity contribution in [3.05, 3.63) is 79.3 Å². The number of nitrogens with one attached hydrogen (secondary N) is 1. The van der Waals surface area contributed by atoms with Gasteiger partial charge in [-0.3, -0.25) is 34.7 Å². The number of fused-ring (bicyclic) bond motifs is 1. The monoisotopic (exact) mass is 443 g/mol. The van der Waals surface area contributed by atoms with Gasteiger partial charge in [0.15, 0.2) is 0 Å². The number of nitro benzene ring substituents is 1. The topological polar surface area (TPSA) is 135 Å². The highest BCUT2D eigenvalue weighted by Crippen LogP contribution is 2.27. The number of non-ortho nitro benzene ring substituents is 1. The molecule has 12 heteroatoms. The summed E-state index contributed by atoms with van der Waals surface area (Å²) < 4.78 is 0. The predicted octanol–water partition coefficient (Wildman–Crippen LogP) is 3.15. The lowest BCUT2D eigenvalue weighted by molar-refractivity contribution is -0.384. The summed E-state index contributed by atoms with van der Waals surface area (Å²) in [5, 5.41) is 21.5. The average Bonchev–Trinajstić information content (AvgIpc) is 3.26. The van der Waals surface area contributed by atoms with Gasteiger partial charge in [-0.05, 0) is 18.2 Å². The third kappa shape index (κ3) is 3.51. The van der Waals surface area contributed by atoms with Gasteiger partial charge in [-0.15, -0.1) is 10.2 Å². The fraction of sp³-hybridized carbons (Fsp3) is 0.0556. The summed E-state index contributed by atoms with van der Waals surface area (Å²) in [5.74, 6) is -1.56. The van der Waals surface area contributed by atoms with Crippen molar-refractivity contribution >= 4 is 51.5 Å². The second-order valence-corrected chi connectivity index (χ2v) is 7.59. The van der Waals surface area contributed by atoms with Gasteiger partial charge in [0.1, 0.15) is 5.01 Å². The number of nitrogens with zero attached hydrogens (tertiary/aromatic N) is 4. The number of halogens is 1. The van der Waals surface area contributed by atoms with Crippen LogP contribution in [0.2, 0.25) is 5.02 Å². The zero-order valence-corrected chi connectivity index (χ0v) is 16.4. The molecule has 1 aliphatic heterocycles. The SMILES string of the molecule is O=C(Nc1nnc(CN2C(=O)c3ccccc3C2=O)s1)c1cc([N+](=O)[O-])ccc1Cl. The molecular formula is C18H10ClN5O5S. The Kier molecular flexibility index (Phi) is 4.98. The molecule has 1 aromatic heterocycles. The van der Waals surface area contributed by atoms with E-state index >= 15 is 0 Å². The Morgan fingerprint density at radius 1 is 1.13 bits per heavy atom. The number of aromatic nitrogens is 2. The van der Waals surface area contributed by atoms with Crippen LogP contribution in [0.3, 0.4) is 0 Å². The number of hydrogen-bond donors (Lipinski definition) is 1. The van der Waals surface area contributed by atoms with Gasteiger partial charge in [0.05, 0.1) is 33.2 Å². The lowest BCUT2D eigenvalue weighted by atomic mass is 10.1. The van der Waals surface area contributed by atoms with E-state index in [2.05, 4.69) is 15.5 Å². The molecular weight excluding hydrogens is 434 g/mol. The summed E-state index contributed by atoms with van der Waals surface area (Å²) in [5.41, 5.74) is 0.262. The lowest BCUT2D eigenvalue weighted by Gasteiger charge is -2.10. The molecule has 0 radical (unpaired) electrons. The van der Waals surface area contributed by atoms with Gasteiger partial charge in [0, 0.05) is 12.1 Å². The molecule has 1 aliphatic rings. The zero-order valence-electron chi connectivity index (χ0n) is 14.9. The van der Waals surface area contributed by atoms with Gasteiger partial charge in [-0.25, -0.2) is 0 Å². The van der Waals surface area contributed by atoms with Crippen LogP contribution in [0, 0.1) is 10.1 Å². The predicted molar refractivity (Wildman–Crippen MR) is 107 cm³/mol. The van der Waals surface area contributed by atoms with Crippen molar-refractivity contribution in [2.45, 2.75) is 6.54 Å². The van der Waals surface area contributed by atoms with Gasteiger partial charge in [0.25, 0.3) is 23.4 Å². The maximum absolute atomic E-state index is 12.4. The first kappa shape index (κ1) is 19.6. The number of anilines is 1. The summed E-state index contributed by atoms with van der Waals surface area (Å²) in [6, 6.07) is 9.98. The van der Waals surface area contributed by atoms with Crippen LogP contribution in [0.5, 0.6) is 0 Å². The number of rotatable bonds is 5. The van der Waals surface area contributed by atoms with E-state index in [0.29, 0.717) is 16.1 Å². The van der Waals surface area contributed by atoms with Crippen LogP contribution in [-0.4, -0.2) is 37.7 Å². The minimum absolute atomic E-state index is 0.0360. The summed E-state index contributed by atoms with van der Waals surface area (Å²) in [4.78, 5) is 48.6. The van der Waals surface area contributed by atoms with Gasteiger partial charge in [-0.1, -0.05) is 35.1 Å². The molecule has 2 heterocycles. The second kappa shape index (κ2) is 7.61. The molecule has 1 N–H and O–H groups in total. The standard InChI is InChI=1S/C18H10ClN5O5S/c19-13-6-5-9(24(28)29)7-12(13)15(25)20-18-22-21-14(30-18)8-23-16(26)10-3-1-2-4-11(10)17(23)27/h1-7H,8H2,(H,20,22,25). The third-order valence-electron chi connectivity index (χ3n) is 4.26. The summed E-state index contributed by atoms with van der Waals surface area (Å²) >= 11 is 6.92. The smallest absolute Gasteiger partial charge is 0.270 e. The number of imide groups is 1. The molecule has 0 saturated carbocycles. The van der Waals surface area contributed by atoms with Crippen LogP contribution < -0.4 is 5.32 Å². The van der Waals surface area contributed by atoms with E-state index in [9.17, 15) is 24.5 Å². The van der Waals surface area contributed by atoms with Gasteiger partial charge in [0.2, 0.25) is 5.13 Å². The maximum Gasteiger partial charge on any atom is 0.270 e. The minimum atomic E-state index is -0.702. The highest BCUT2D eigenvalue weighted by atomic mass is 35.5. The lowest BCUT2D eigenvalue weighted by Crippen LogP contribution is -2.29. The van der Waals surface area contributed by atoms with Crippen molar-refractivity contribution in [2.24, 2.45) is 0 Å². The van der Waals surface area contributed by atoms with Crippen LogP contribution in [0.25, 0.3) is 0 Å². The maximum atomic E-state index is 12.4. The molecule has 0 unspecified atom stereocenters. The summed E-state index contributed by atoms with van der Waals surface area (Å²) in [7, 11) is 0. The van der Waals surface area contributed by atoms with Crippen molar-refractivity contribution < 1.29 is 19.3 Å². The van der Waals surface area contributed by atoms with E-state index in [-0.39, 0.29) is 27.9 Å². The third-order valence-corrected chi connectivity index (χ3v) is 5.42. The zero-order chi connectivity index (χ0) is 21.4. The van der Waals surface area contributed by atoms with Crippen molar-refractivity contribution in [2.75, 3.05) is 5.32 Å². The van der Waals surface area contributed by atoms with Gasteiger partial charge in [-0.2, -0.15) is 0 Å². The minimum Gasteiger partial charge on any atom is -0.296 e. The Morgan fingerprint density at radius 2 is 1.80 bits per heavy atom. The van der Waals surface area contributed by atoms with E-state index in [1.54, 1.807) is 24.3 Å². The Labute approximate surface area is 177 Å².